The van der Waals surface area contributed by atoms with Crippen LogP contribution in [0, 0.1) is 11.8 Å². The molecule has 0 aliphatic carbocycles. The number of aliphatic imine (C=N–C) groups is 1. The van der Waals surface area contributed by atoms with Gasteiger partial charge in [-0.2, -0.15) is 0 Å². The summed E-state index contributed by atoms with van der Waals surface area (Å²) in [4.78, 5) is 9.52. The molecule has 0 aromatic rings. The van der Waals surface area contributed by atoms with Crippen LogP contribution in [0.5, 0.6) is 0 Å². The van der Waals surface area contributed by atoms with Crippen molar-refractivity contribution in [3.05, 3.63) is 0 Å². The molecule has 4 rings (SSSR count). The van der Waals surface area contributed by atoms with Crippen LogP contribution in [0.15, 0.2) is 4.99 Å². The molecule has 0 spiro atoms. The number of nitrogens with zero attached hydrogens (tertiary/aromatic N) is 3. The molecule has 4 heterocycles. The number of hydrogen-bond donors (Lipinski definition) is 1. The average molecular weight is 292 g/mol. The Morgan fingerprint density at radius 2 is 1.81 bits per heavy atom. The summed E-state index contributed by atoms with van der Waals surface area (Å²) >= 11 is 0. The fraction of sp³-hybridized carbons (Fsp3) is 0.938. The SMILES string of the molecule is CN=C(NCCN1CCCC1)N1CC2C3CCC(O3)C2C1. The Labute approximate surface area is 127 Å². The third kappa shape index (κ3) is 2.55. The smallest absolute Gasteiger partial charge is 0.193 e. The second kappa shape index (κ2) is 5.76. The fourth-order valence-electron chi connectivity index (χ4n) is 4.80. The number of ether oxygens (including phenoxy) is 1. The van der Waals surface area contributed by atoms with Crippen LogP contribution in [-0.4, -0.2) is 74.3 Å². The highest BCUT2D eigenvalue weighted by Crippen LogP contribution is 2.47. The van der Waals surface area contributed by atoms with E-state index in [1.165, 1.54) is 38.8 Å². The second-order valence-corrected chi connectivity index (χ2v) is 7.05. The van der Waals surface area contributed by atoms with E-state index in [9.17, 15) is 0 Å². The largest absolute Gasteiger partial charge is 0.374 e. The number of nitrogens with one attached hydrogen (secondary N) is 1. The van der Waals surface area contributed by atoms with Crippen molar-refractivity contribution in [1.82, 2.24) is 15.1 Å². The van der Waals surface area contributed by atoms with Gasteiger partial charge in [0, 0.05) is 45.1 Å². The van der Waals surface area contributed by atoms with E-state index >= 15 is 0 Å². The molecule has 4 aliphatic rings. The molecule has 1 N–H and O–H groups in total. The first kappa shape index (κ1) is 13.8. The quantitative estimate of drug-likeness (QED) is 0.616. The summed E-state index contributed by atoms with van der Waals surface area (Å²) in [5.74, 6) is 2.60. The molecule has 4 unspecified atom stereocenters. The van der Waals surface area contributed by atoms with Gasteiger partial charge >= 0.3 is 0 Å². The second-order valence-electron chi connectivity index (χ2n) is 7.05. The molecule has 4 atom stereocenters. The topological polar surface area (TPSA) is 40.1 Å². The maximum atomic E-state index is 6.06. The van der Waals surface area contributed by atoms with Gasteiger partial charge in [0.15, 0.2) is 5.96 Å². The summed E-state index contributed by atoms with van der Waals surface area (Å²) in [7, 11) is 1.91. The molecule has 5 heteroatoms. The van der Waals surface area contributed by atoms with Crippen molar-refractivity contribution in [3.63, 3.8) is 0 Å². The minimum absolute atomic E-state index is 0.535. The van der Waals surface area contributed by atoms with Crippen LogP contribution in [0.2, 0.25) is 0 Å². The molecule has 4 fully saturated rings. The zero-order chi connectivity index (χ0) is 14.2. The molecule has 4 aliphatic heterocycles. The first-order valence-corrected chi connectivity index (χ1v) is 8.68. The maximum Gasteiger partial charge on any atom is 0.193 e. The summed E-state index contributed by atoms with van der Waals surface area (Å²) in [6, 6.07) is 0. The zero-order valence-electron chi connectivity index (χ0n) is 13.1. The molecule has 118 valence electrons. The predicted molar refractivity (Wildman–Crippen MR) is 83.5 cm³/mol. The summed E-state index contributed by atoms with van der Waals surface area (Å²) in [5.41, 5.74) is 0. The fourth-order valence-corrected chi connectivity index (χ4v) is 4.80. The van der Waals surface area contributed by atoms with E-state index in [0.29, 0.717) is 12.2 Å². The molecule has 2 bridgehead atoms. The summed E-state index contributed by atoms with van der Waals surface area (Å²) in [5, 5.41) is 3.57. The van der Waals surface area contributed by atoms with E-state index in [-0.39, 0.29) is 0 Å². The lowest BCUT2D eigenvalue weighted by molar-refractivity contribution is 0.0767. The average Bonchev–Trinajstić information content (AvgIpc) is 3.25. The van der Waals surface area contributed by atoms with Gasteiger partial charge in [-0.3, -0.25) is 4.99 Å². The van der Waals surface area contributed by atoms with Crippen LogP contribution >= 0.6 is 0 Å². The normalized spacial score (nSPS) is 39.3. The zero-order valence-corrected chi connectivity index (χ0v) is 13.1. The molecule has 0 saturated carbocycles. The molecule has 0 aromatic heterocycles. The van der Waals surface area contributed by atoms with Gasteiger partial charge in [-0.15, -0.1) is 0 Å². The van der Waals surface area contributed by atoms with E-state index in [1.807, 2.05) is 7.05 Å². The summed E-state index contributed by atoms with van der Waals surface area (Å²) in [6.45, 7) is 6.98. The molecular formula is C16H28N4O. The number of guanidine groups is 1. The third-order valence-corrected chi connectivity index (χ3v) is 5.87. The Morgan fingerprint density at radius 3 is 2.43 bits per heavy atom. The van der Waals surface area contributed by atoms with Gasteiger partial charge in [-0.05, 0) is 38.8 Å². The van der Waals surface area contributed by atoms with Gasteiger partial charge in [0.2, 0.25) is 0 Å². The van der Waals surface area contributed by atoms with Gasteiger partial charge in [-0.25, -0.2) is 0 Å². The van der Waals surface area contributed by atoms with Crippen LogP contribution in [0.3, 0.4) is 0 Å². The van der Waals surface area contributed by atoms with Crippen molar-refractivity contribution in [2.24, 2.45) is 16.8 Å². The van der Waals surface area contributed by atoms with Crippen LogP contribution < -0.4 is 5.32 Å². The molecule has 21 heavy (non-hydrogen) atoms. The first-order valence-electron chi connectivity index (χ1n) is 8.68. The third-order valence-electron chi connectivity index (χ3n) is 5.87. The monoisotopic (exact) mass is 292 g/mol. The van der Waals surface area contributed by atoms with Crippen molar-refractivity contribution >= 4 is 5.96 Å². The van der Waals surface area contributed by atoms with Gasteiger partial charge in [0.1, 0.15) is 0 Å². The Bertz CT molecular complexity index is 389. The number of likely N-dealkylation sites (tertiary alicyclic amines) is 2. The minimum atomic E-state index is 0.535. The van der Waals surface area contributed by atoms with E-state index < -0.39 is 0 Å². The Hall–Kier alpha value is -0.810. The standard InChI is InChI=1S/C16H28N4O/c1-17-16(18-6-9-19-7-2-3-8-19)20-10-12-13(11-20)15-5-4-14(12)21-15/h12-15H,2-11H2,1H3,(H,17,18). The van der Waals surface area contributed by atoms with Crippen molar-refractivity contribution in [3.8, 4) is 0 Å². The maximum absolute atomic E-state index is 6.06. The molecule has 0 amide bonds. The molecule has 0 aromatic carbocycles. The molecule has 0 radical (unpaired) electrons. The number of rotatable bonds is 3. The van der Waals surface area contributed by atoms with Gasteiger partial charge in [-0.1, -0.05) is 0 Å². The Kier molecular flexibility index (Phi) is 3.79. The van der Waals surface area contributed by atoms with Crippen molar-refractivity contribution < 1.29 is 4.74 Å². The highest BCUT2D eigenvalue weighted by molar-refractivity contribution is 5.80. The lowest BCUT2D eigenvalue weighted by Gasteiger charge is -2.24. The Balaban J connectivity index is 1.28. The summed E-state index contributed by atoms with van der Waals surface area (Å²) < 4.78 is 6.06. The van der Waals surface area contributed by atoms with E-state index in [0.717, 1.165) is 44.0 Å². The van der Waals surface area contributed by atoms with E-state index in [1.54, 1.807) is 0 Å². The lowest BCUT2D eigenvalue weighted by Crippen LogP contribution is -2.43. The van der Waals surface area contributed by atoms with Crippen LogP contribution in [0.1, 0.15) is 25.7 Å². The Morgan fingerprint density at radius 1 is 1.14 bits per heavy atom. The highest BCUT2D eigenvalue weighted by Gasteiger charge is 2.53. The van der Waals surface area contributed by atoms with Crippen LogP contribution in [0.4, 0.5) is 0 Å². The van der Waals surface area contributed by atoms with Crippen LogP contribution in [0.25, 0.3) is 0 Å². The van der Waals surface area contributed by atoms with Gasteiger partial charge in [0.25, 0.3) is 0 Å². The molecular weight excluding hydrogens is 264 g/mol. The van der Waals surface area contributed by atoms with Gasteiger partial charge < -0.3 is 19.9 Å². The highest BCUT2D eigenvalue weighted by atomic mass is 16.5. The van der Waals surface area contributed by atoms with E-state index in [4.69, 9.17) is 4.74 Å². The number of hydrogen-bond acceptors (Lipinski definition) is 3. The lowest BCUT2D eigenvalue weighted by atomic mass is 9.82. The first-order chi connectivity index (χ1) is 10.3. The van der Waals surface area contributed by atoms with Crippen molar-refractivity contribution in [1.29, 1.82) is 0 Å². The van der Waals surface area contributed by atoms with Crippen LogP contribution in [-0.2, 0) is 4.74 Å². The van der Waals surface area contributed by atoms with Crippen molar-refractivity contribution in [2.75, 3.05) is 46.3 Å². The van der Waals surface area contributed by atoms with Gasteiger partial charge in [0.05, 0.1) is 12.2 Å². The minimum Gasteiger partial charge on any atom is -0.374 e. The summed E-state index contributed by atoms with van der Waals surface area (Å²) in [6.07, 6.45) is 6.36. The van der Waals surface area contributed by atoms with E-state index in [2.05, 4.69) is 20.1 Å². The molecule has 4 saturated heterocycles. The van der Waals surface area contributed by atoms with Crippen molar-refractivity contribution in [2.45, 2.75) is 37.9 Å². The number of fused-ring (bicyclic) bond motifs is 5. The predicted octanol–water partition coefficient (Wildman–Crippen LogP) is 0.767. The molecule has 5 nitrogen and oxygen atoms in total.